The van der Waals surface area contributed by atoms with E-state index in [1.54, 1.807) is 6.08 Å². The number of Topliss-reactive ketones (excluding diaryl/α,β-unsaturated/α-hetero) is 2. The van der Waals surface area contributed by atoms with Crippen molar-refractivity contribution in [2.75, 3.05) is 8.86 Å². The van der Waals surface area contributed by atoms with Gasteiger partial charge in [-0.05, 0) is 6.92 Å². The molecule has 0 aromatic carbocycles. The van der Waals surface area contributed by atoms with Crippen molar-refractivity contribution < 1.29 is 9.59 Å². The van der Waals surface area contributed by atoms with Gasteiger partial charge >= 0.3 is 135 Å². The van der Waals surface area contributed by atoms with Crippen LogP contribution in [0.15, 0.2) is 12.7 Å². The quantitative estimate of drug-likeness (QED) is 0.292. The first kappa shape index (κ1) is 18.6. The first-order valence-electron chi connectivity index (χ1n) is 9.60. The number of rotatable bonds is 0. The Morgan fingerprint density at radius 2 is 1.79 bits per heavy atom. The fourth-order valence-corrected chi connectivity index (χ4v) is 14.4. The van der Waals surface area contributed by atoms with Crippen LogP contribution < -0.4 is 0 Å². The van der Waals surface area contributed by atoms with E-state index in [0.29, 0.717) is 20.9 Å². The van der Waals surface area contributed by atoms with E-state index in [1.807, 2.05) is 6.92 Å². The fraction of sp³-hybridized carbons (Fsp3) is 0.810. The molecule has 5 unspecified atom stereocenters. The Morgan fingerprint density at radius 1 is 1.08 bits per heavy atom. The number of hydrogen-bond donors (Lipinski definition) is 0. The van der Waals surface area contributed by atoms with E-state index < -0.39 is 19.8 Å². The molecule has 4 fully saturated rings. The molecule has 0 radical (unpaired) electrons. The molecular formula is C21H33IO2. The van der Waals surface area contributed by atoms with Gasteiger partial charge in [0.1, 0.15) is 0 Å². The second-order valence-corrected chi connectivity index (χ2v) is 15.5. The van der Waals surface area contributed by atoms with Crippen LogP contribution in [0.5, 0.6) is 0 Å². The van der Waals surface area contributed by atoms with Gasteiger partial charge in [-0.25, -0.2) is 0 Å². The van der Waals surface area contributed by atoms with Gasteiger partial charge in [-0.15, -0.1) is 6.58 Å². The van der Waals surface area contributed by atoms with Crippen LogP contribution in [0.2, 0.25) is 0 Å². The zero-order valence-electron chi connectivity index (χ0n) is 15.6. The van der Waals surface area contributed by atoms with Crippen molar-refractivity contribution in [2.24, 2.45) is 23.2 Å². The Labute approximate surface area is 154 Å². The van der Waals surface area contributed by atoms with Crippen LogP contribution in [0.1, 0.15) is 65.7 Å². The van der Waals surface area contributed by atoms with Crippen LogP contribution in [0.3, 0.4) is 0 Å². The number of halogens is 1. The summed E-state index contributed by atoms with van der Waals surface area (Å²) in [4.78, 5) is 24.3. The molecule has 0 amide bonds. The van der Waals surface area contributed by atoms with Crippen LogP contribution in [-0.2, 0) is 9.59 Å². The Morgan fingerprint density at radius 3 is 2.50 bits per heavy atom. The zero-order valence-corrected chi connectivity index (χ0v) is 17.7. The van der Waals surface area contributed by atoms with Gasteiger partial charge in [0.25, 0.3) is 0 Å². The maximum atomic E-state index is 12.4. The van der Waals surface area contributed by atoms with Gasteiger partial charge in [-0.2, -0.15) is 0 Å². The number of hydrogen-bond acceptors (Lipinski definition) is 2. The summed E-state index contributed by atoms with van der Waals surface area (Å²) in [6, 6.07) is 0. The van der Waals surface area contributed by atoms with Crippen molar-refractivity contribution in [3.05, 3.63) is 12.7 Å². The van der Waals surface area contributed by atoms with E-state index in [4.69, 9.17) is 0 Å². The minimum absolute atomic E-state index is 0.0123. The summed E-state index contributed by atoms with van der Waals surface area (Å²) in [5, 5.41) is 0. The molecule has 0 N–H and O–H groups in total. The number of ketones is 2. The molecule has 4 rings (SSSR count). The molecule has 0 aromatic rings. The standard InChI is InChI=1S/C18H27IO2.C3H6/c1-17-8-6-15-13(14(17)3-4-16(17)21)7-10-19-11-12(20)5-9-18(15,19)2;1-3-2/h13-15H,3-11H2,1-2H3;3H,1H2,2H3. The zero-order chi connectivity index (χ0) is 17.5. The molecule has 2 aliphatic carbocycles. The molecular weight excluding hydrogens is 411 g/mol. The summed E-state index contributed by atoms with van der Waals surface area (Å²) in [7, 11) is 0. The number of carbonyl (C=O) groups excluding carboxylic acids is 2. The van der Waals surface area contributed by atoms with Gasteiger partial charge in [0.15, 0.2) is 0 Å². The molecule has 0 spiro atoms. The molecule has 0 bridgehead atoms. The number of carbonyl (C=O) groups is 2. The first-order chi connectivity index (χ1) is 11.4. The molecule has 4 aliphatic rings. The molecule has 136 valence electrons. The molecule has 2 nitrogen and oxygen atoms in total. The Balaban J connectivity index is 0.000000526. The van der Waals surface area contributed by atoms with Gasteiger partial charge in [0, 0.05) is 0 Å². The minimum atomic E-state index is -1.11. The van der Waals surface area contributed by atoms with Crippen molar-refractivity contribution >= 4 is 31.4 Å². The third kappa shape index (κ3) is 2.83. The van der Waals surface area contributed by atoms with Crippen molar-refractivity contribution in [3.63, 3.8) is 0 Å². The molecule has 2 heterocycles. The number of allylic oxidation sites excluding steroid dienone is 1. The second kappa shape index (κ2) is 6.85. The summed E-state index contributed by atoms with van der Waals surface area (Å²) in [6.07, 6.45) is 9.49. The summed E-state index contributed by atoms with van der Waals surface area (Å²) in [6.45, 7) is 10.1. The first-order valence-corrected chi connectivity index (χ1v) is 13.7. The average Bonchev–Trinajstić information content (AvgIpc) is 2.84. The van der Waals surface area contributed by atoms with Gasteiger partial charge in [-0.3, -0.25) is 0 Å². The molecule has 5 atom stereocenters. The van der Waals surface area contributed by atoms with E-state index >= 15 is 0 Å². The van der Waals surface area contributed by atoms with E-state index in [1.165, 1.54) is 23.7 Å². The van der Waals surface area contributed by atoms with Crippen LogP contribution in [-0.4, -0.2) is 23.8 Å². The van der Waals surface area contributed by atoms with Gasteiger partial charge in [0.05, 0.1) is 0 Å². The predicted octanol–water partition coefficient (Wildman–Crippen LogP) is 5.22. The van der Waals surface area contributed by atoms with Gasteiger partial charge < -0.3 is 0 Å². The molecule has 2 saturated carbocycles. The van der Waals surface area contributed by atoms with E-state index in [9.17, 15) is 9.59 Å². The molecule has 0 aromatic heterocycles. The Bertz CT molecular complexity index is 542. The van der Waals surface area contributed by atoms with Crippen molar-refractivity contribution in [2.45, 2.75) is 69.1 Å². The SMILES string of the molecule is C=CC.CC12CCC3C(CCI4CC(=O)CCC34C)C1CCC2=O. The van der Waals surface area contributed by atoms with Gasteiger partial charge in [-0.1, -0.05) is 6.08 Å². The second-order valence-electron chi connectivity index (χ2n) is 8.59. The summed E-state index contributed by atoms with van der Waals surface area (Å²) in [5.41, 5.74) is 0.0123. The van der Waals surface area contributed by atoms with Crippen LogP contribution in [0.4, 0.5) is 0 Å². The Kier molecular flexibility index (Phi) is 5.30. The number of alkyl halides is 3. The normalized spacial score (nSPS) is 45.5. The summed E-state index contributed by atoms with van der Waals surface area (Å²) in [5.74, 6) is 3.41. The van der Waals surface area contributed by atoms with Crippen LogP contribution in [0, 0.1) is 23.2 Å². The summed E-state index contributed by atoms with van der Waals surface area (Å²) < 4.78 is 2.91. The van der Waals surface area contributed by atoms with Crippen molar-refractivity contribution in [1.82, 2.24) is 0 Å². The number of fused-ring (bicyclic) bond motifs is 5. The van der Waals surface area contributed by atoms with E-state index in [0.717, 1.165) is 41.9 Å². The summed E-state index contributed by atoms with van der Waals surface area (Å²) >= 11 is -1.11. The van der Waals surface area contributed by atoms with E-state index in [2.05, 4.69) is 20.4 Å². The maximum absolute atomic E-state index is 12.4. The molecule has 2 aliphatic heterocycles. The Hall–Kier alpha value is -0.190. The average molecular weight is 444 g/mol. The van der Waals surface area contributed by atoms with Gasteiger partial charge in [0.2, 0.25) is 0 Å². The topological polar surface area (TPSA) is 34.1 Å². The van der Waals surface area contributed by atoms with Crippen molar-refractivity contribution in [3.8, 4) is 0 Å². The molecule has 2 saturated heterocycles. The third-order valence-corrected chi connectivity index (χ3v) is 15.9. The molecule has 24 heavy (non-hydrogen) atoms. The predicted molar refractivity (Wildman–Crippen MR) is 109 cm³/mol. The third-order valence-electron chi connectivity index (χ3n) is 7.40. The van der Waals surface area contributed by atoms with Crippen LogP contribution in [0.25, 0.3) is 0 Å². The monoisotopic (exact) mass is 444 g/mol. The van der Waals surface area contributed by atoms with Crippen molar-refractivity contribution in [1.29, 1.82) is 0 Å². The molecule has 3 heteroatoms. The van der Waals surface area contributed by atoms with E-state index in [-0.39, 0.29) is 5.41 Å². The van der Waals surface area contributed by atoms with Crippen LogP contribution >= 0.6 is 19.8 Å². The fourth-order valence-electron chi connectivity index (χ4n) is 6.05.